The van der Waals surface area contributed by atoms with Crippen molar-refractivity contribution >= 4 is 29.2 Å². The fraction of sp³-hybridized carbons (Fsp3) is 0.667. The molecule has 1 fully saturated rings. The minimum absolute atomic E-state index is 0.140. The first-order valence-corrected chi connectivity index (χ1v) is 11.5. The van der Waals surface area contributed by atoms with E-state index < -0.39 is 68.3 Å². The van der Waals surface area contributed by atoms with Crippen LogP contribution in [-0.4, -0.2) is 125 Å². The molecule has 34 heavy (non-hydrogen) atoms. The van der Waals surface area contributed by atoms with Gasteiger partial charge in [0.05, 0.1) is 13.2 Å². The quantitative estimate of drug-likeness (QED) is 0.108. The summed E-state index contributed by atoms with van der Waals surface area (Å²) in [5, 5.41) is 80.3. The van der Waals surface area contributed by atoms with Crippen molar-refractivity contribution in [2.24, 2.45) is 0 Å². The van der Waals surface area contributed by atoms with Crippen LogP contribution < -0.4 is 0 Å². The zero-order valence-corrected chi connectivity index (χ0v) is 20.2. The maximum Gasteiger partial charge on any atom is 0.187 e. The number of aliphatic hydroxyl groups excluding tert-OH is 8. The van der Waals surface area contributed by atoms with Crippen LogP contribution in [0.3, 0.4) is 0 Å². The number of benzene rings is 1. The van der Waals surface area contributed by atoms with Crippen molar-refractivity contribution in [2.45, 2.75) is 68.6 Å². The second kappa shape index (κ2) is 13.4. The highest BCUT2D eigenvalue weighted by Gasteiger charge is 2.46. The Hall–Kier alpha value is -0.940. The number of ether oxygens (including phenoxy) is 2. The van der Waals surface area contributed by atoms with Gasteiger partial charge in [0.2, 0.25) is 0 Å². The standard InChI is InChI=1S/C21H33NO10S2/c1-10-2-4-11(5-3-10)6-22(21(33)34)7-12(25)15(27)19(13(26)8-23)32-20-18(30)17(29)16(28)14(9-24)31-20/h2-5,12-20,23-30H,6-9H2,1H3,(H,33,34). The maximum absolute atomic E-state index is 10.7. The van der Waals surface area contributed by atoms with Gasteiger partial charge in [-0.2, -0.15) is 0 Å². The third-order valence-corrected chi connectivity index (χ3v) is 6.15. The van der Waals surface area contributed by atoms with E-state index in [9.17, 15) is 40.9 Å². The van der Waals surface area contributed by atoms with Crippen LogP contribution in [0.1, 0.15) is 11.1 Å². The second-order valence-corrected chi connectivity index (χ2v) is 9.37. The van der Waals surface area contributed by atoms with E-state index in [1.165, 1.54) is 4.90 Å². The van der Waals surface area contributed by atoms with E-state index in [1.807, 2.05) is 31.2 Å². The van der Waals surface area contributed by atoms with Gasteiger partial charge in [0.15, 0.2) is 6.29 Å². The Kier molecular flexibility index (Phi) is 11.5. The first-order valence-electron chi connectivity index (χ1n) is 10.6. The molecule has 0 aromatic heterocycles. The first kappa shape index (κ1) is 29.3. The molecule has 1 aliphatic heterocycles. The van der Waals surface area contributed by atoms with Crippen molar-refractivity contribution in [1.29, 1.82) is 0 Å². The summed E-state index contributed by atoms with van der Waals surface area (Å²) in [7, 11) is 0. The summed E-state index contributed by atoms with van der Waals surface area (Å²) in [5.41, 5.74) is 1.93. The number of hydrogen-bond donors (Lipinski definition) is 9. The molecule has 1 aromatic rings. The fourth-order valence-corrected chi connectivity index (χ4v) is 3.81. The lowest BCUT2D eigenvalue weighted by molar-refractivity contribution is -0.327. The van der Waals surface area contributed by atoms with E-state index in [2.05, 4.69) is 12.6 Å². The minimum Gasteiger partial charge on any atom is -0.394 e. The predicted molar refractivity (Wildman–Crippen MR) is 127 cm³/mol. The molecule has 194 valence electrons. The van der Waals surface area contributed by atoms with Gasteiger partial charge in [0.1, 0.15) is 53.2 Å². The van der Waals surface area contributed by atoms with Crippen molar-refractivity contribution in [3.05, 3.63) is 35.4 Å². The highest BCUT2D eigenvalue weighted by molar-refractivity contribution is 8.10. The molecule has 1 saturated heterocycles. The number of aliphatic hydroxyl groups is 8. The smallest absolute Gasteiger partial charge is 0.187 e. The summed E-state index contributed by atoms with van der Waals surface area (Å²) in [4.78, 5) is 1.51. The highest BCUT2D eigenvalue weighted by atomic mass is 32.1. The van der Waals surface area contributed by atoms with Gasteiger partial charge in [0, 0.05) is 13.1 Å². The molecule has 0 amide bonds. The Balaban J connectivity index is 2.13. The summed E-state index contributed by atoms with van der Waals surface area (Å²) >= 11 is 9.30. The molecule has 9 atom stereocenters. The van der Waals surface area contributed by atoms with Crippen LogP contribution in [0.5, 0.6) is 0 Å². The molecule has 0 saturated carbocycles. The fourth-order valence-electron chi connectivity index (χ4n) is 3.51. The number of nitrogens with zero attached hydrogens (tertiary/aromatic N) is 1. The third-order valence-electron chi connectivity index (χ3n) is 5.61. The molecule has 0 radical (unpaired) electrons. The van der Waals surface area contributed by atoms with E-state index in [0.717, 1.165) is 11.1 Å². The number of thiocarbonyl (C=S) groups is 1. The average Bonchev–Trinajstić information content (AvgIpc) is 2.82. The maximum atomic E-state index is 10.7. The minimum atomic E-state index is -1.81. The monoisotopic (exact) mass is 523 g/mol. The lowest BCUT2D eigenvalue weighted by Gasteiger charge is -2.42. The predicted octanol–water partition coefficient (Wildman–Crippen LogP) is -2.73. The summed E-state index contributed by atoms with van der Waals surface area (Å²) in [6, 6.07) is 7.56. The molecule has 1 aromatic carbocycles. The number of hydrogen-bond acceptors (Lipinski definition) is 11. The van der Waals surface area contributed by atoms with Gasteiger partial charge in [-0.1, -0.05) is 42.0 Å². The van der Waals surface area contributed by atoms with E-state index in [0.29, 0.717) is 0 Å². The summed E-state index contributed by atoms with van der Waals surface area (Å²) < 4.78 is 10.8. The lowest BCUT2D eigenvalue weighted by atomic mass is 9.98. The third kappa shape index (κ3) is 7.53. The van der Waals surface area contributed by atoms with Crippen molar-refractivity contribution in [1.82, 2.24) is 4.90 Å². The average molecular weight is 524 g/mol. The SMILES string of the molecule is Cc1ccc(CN(CC(O)C(O)C(OC2OC(CO)C(O)C(O)C2O)C(O)CO)C(=S)S)cc1. The topological polar surface area (TPSA) is 184 Å². The zero-order valence-electron chi connectivity index (χ0n) is 18.5. The Labute approximate surface area is 208 Å². The van der Waals surface area contributed by atoms with Crippen LogP contribution in [0.15, 0.2) is 24.3 Å². The van der Waals surface area contributed by atoms with Gasteiger partial charge in [0.25, 0.3) is 0 Å². The van der Waals surface area contributed by atoms with E-state index in [-0.39, 0.29) is 17.4 Å². The molecule has 0 bridgehead atoms. The molecule has 11 nitrogen and oxygen atoms in total. The summed E-state index contributed by atoms with van der Waals surface area (Å²) in [6.07, 6.45) is -15.0. The molecule has 1 aliphatic rings. The lowest BCUT2D eigenvalue weighted by Crippen LogP contribution is -2.61. The van der Waals surface area contributed by atoms with E-state index in [1.54, 1.807) is 0 Å². The normalized spacial score (nSPS) is 28.7. The number of aryl methyl sites for hydroxylation is 1. The Morgan fingerprint density at radius 3 is 2.21 bits per heavy atom. The van der Waals surface area contributed by atoms with Gasteiger partial charge in [-0.3, -0.25) is 0 Å². The van der Waals surface area contributed by atoms with E-state index in [4.69, 9.17) is 21.7 Å². The van der Waals surface area contributed by atoms with Crippen molar-refractivity contribution in [3.63, 3.8) is 0 Å². The van der Waals surface area contributed by atoms with Gasteiger partial charge in [-0.15, -0.1) is 12.6 Å². The van der Waals surface area contributed by atoms with Crippen LogP contribution in [-0.2, 0) is 16.0 Å². The molecule has 13 heteroatoms. The Morgan fingerprint density at radius 1 is 1.06 bits per heavy atom. The van der Waals surface area contributed by atoms with Gasteiger partial charge < -0.3 is 55.2 Å². The first-order chi connectivity index (χ1) is 16.0. The largest absolute Gasteiger partial charge is 0.394 e. The molecule has 1 heterocycles. The van der Waals surface area contributed by atoms with Crippen molar-refractivity contribution < 1.29 is 50.3 Å². The van der Waals surface area contributed by atoms with Gasteiger partial charge in [-0.25, -0.2) is 0 Å². The highest BCUT2D eigenvalue weighted by Crippen LogP contribution is 2.25. The number of rotatable bonds is 11. The summed E-state index contributed by atoms with van der Waals surface area (Å²) in [5.74, 6) is 0. The summed E-state index contributed by atoms with van der Waals surface area (Å²) in [6.45, 7) is 0.407. The van der Waals surface area contributed by atoms with Crippen LogP contribution in [0.4, 0.5) is 0 Å². The molecule has 8 N–H and O–H groups in total. The Bertz CT molecular complexity index is 770. The van der Waals surface area contributed by atoms with Gasteiger partial charge >= 0.3 is 0 Å². The second-order valence-electron chi connectivity index (χ2n) is 8.25. The molecular weight excluding hydrogens is 490 g/mol. The molecule has 2 rings (SSSR count). The molecular formula is C21H33NO10S2. The van der Waals surface area contributed by atoms with E-state index >= 15 is 0 Å². The molecule has 0 aliphatic carbocycles. The molecule has 9 unspecified atom stereocenters. The molecule has 0 spiro atoms. The van der Waals surface area contributed by atoms with Crippen LogP contribution in [0.2, 0.25) is 0 Å². The van der Waals surface area contributed by atoms with Crippen molar-refractivity contribution in [2.75, 3.05) is 19.8 Å². The van der Waals surface area contributed by atoms with Gasteiger partial charge in [-0.05, 0) is 12.5 Å². The van der Waals surface area contributed by atoms with Crippen LogP contribution in [0, 0.1) is 6.92 Å². The number of thiol groups is 1. The zero-order chi connectivity index (χ0) is 25.6. The Morgan fingerprint density at radius 2 is 1.68 bits per heavy atom. The van der Waals surface area contributed by atoms with Crippen LogP contribution >= 0.6 is 24.8 Å². The van der Waals surface area contributed by atoms with Crippen LogP contribution in [0.25, 0.3) is 0 Å². The van der Waals surface area contributed by atoms with Crippen molar-refractivity contribution in [3.8, 4) is 0 Å².